The fraction of sp³-hybridized carbons (Fsp3) is 0.565. The van der Waals surface area contributed by atoms with Gasteiger partial charge in [0.15, 0.2) is 0 Å². The number of carbonyl (C=O) groups excluding carboxylic acids is 1. The molecule has 11 heteroatoms. The molecule has 0 N–H and O–H groups in total. The summed E-state index contributed by atoms with van der Waals surface area (Å²) in [5.41, 5.74) is -0.280. The molecule has 0 unspecified atom stereocenters. The molecule has 0 saturated heterocycles. The third kappa shape index (κ3) is 6.59. The predicted octanol–water partition coefficient (Wildman–Crippen LogP) is 4.23. The second kappa shape index (κ2) is 10.5. The maximum atomic E-state index is 13.2. The van der Waals surface area contributed by atoms with Crippen LogP contribution in [-0.2, 0) is 37.8 Å². The number of halogens is 3. The van der Waals surface area contributed by atoms with Gasteiger partial charge in [-0.1, -0.05) is 32.0 Å². The topological polar surface area (TPSA) is 81.5 Å². The molecular formula is C23H30F3N3O4S. The van der Waals surface area contributed by atoms with Crippen molar-refractivity contribution in [3.8, 4) is 0 Å². The summed E-state index contributed by atoms with van der Waals surface area (Å²) in [6, 6.07) is 4.24. The summed E-state index contributed by atoms with van der Waals surface area (Å²) >= 11 is 0. The molecule has 0 atom stereocenters. The number of imidazole rings is 1. The molecule has 3 rings (SSSR count). The van der Waals surface area contributed by atoms with Crippen molar-refractivity contribution < 1.29 is 31.1 Å². The molecule has 7 nitrogen and oxygen atoms in total. The fourth-order valence-electron chi connectivity index (χ4n) is 3.74. The molecule has 1 aliphatic carbocycles. The van der Waals surface area contributed by atoms with Crippen LogP contribution in [0.2, 0.25) is 0 Å². The Labute approximate surface area is 197 Å². The number of hydrogen-bond donors (Lipinski definition) is 0. The highest BCUT2D eigenvalue weighted by Crippen LogP contribution is 2.39. The Hall–Kier alpha value is -2.40. The quantitative estimate of drug-likeness (QED) is 0.460. The van der Waals surface area contributed by atoms with E-state index in [1.54, 1.807) is 9.47 Å². The first-order valence-electron chi connectivity index (χ1n) is 11.1. The van der Waals surface area contributed by atoms with E-state index in [9.17, 15) is 26.4 Å². The number of aromatic nitrogens is 2. The number of rotatable bonds is 11. The number of alkyl halides is 3. The van der Waals surface area contributed by atoms with Crippen LogP contribution in [0.5, 0.6) is 0 Å². The molecule has 34 heavy (non-hydrogen) atoms. The van der Waals surface area contributed by atoms with Crippen LogP contribution in [-0.4, -0.2) is 49.0 Å². The largest absolute Gasteiger partial charge is 0.416 e. The van der Waals surface area contributed by atoms with Crippen molar-refractivity contribution in [2.24, 2.45) is 5.92 Å². The minimum Gasteiger partial charge on any atom is -0.383 e. The van der Waals surface area contributed by atoms with E-state index in [1.807, 2.05) is 13.8 Å². The molecule has 1 aromatic carbocycles. The summed E-state index contributed by atoms with van der Waals surface area (Å²) in [4.78, 5) is 18.5. The Morgan fingerprint density at radius 2 is 2.00 bits per heavy atom. The lowest BCUT2D eigenvalue weighted by Gasteiger charge is -2.24. The Morgan fingerprint density at radius 3 is 2.59 bits per heavy atom. The van der Waals surface area contributed by atoms with E-state index >= 15 is 0 Å². The highest BCUT2D eigenvalue weighted by Gasteiger charge is 2.35. The minimum atomic E-state index is -4.56. The van der Waals surface area contributed by atoms with Crippen molar-refractivity contribution in [1.82, 2.24) is 14.5 Å². The Bertz CT molecular complexity index is 1110. The number of ether oxygens (including phenoxy) is 1. The molecule has 1 aromatic heterocycles. The normalized spacial score (nSPS) is 14.6. The number of sulfone groups is 1. The monoisotopic (exact) mass is 501 g/mol. The maximum Gasteiger partial charge on any atom is 0.416 e. The van der Waals surface area contributed by atoms with E-state index in [-0.39, 0.29) is 35.1 Å². The highest BCUT2D eigenvalue weighted by molar-refractivity contribution is 7.90. The molecule has 0 spiro atoms. The molecule has 1 aliphatic rings. The summed E-state index contributed by atoms with van der Waals surface area (Å²) in [6.45, 7) is 4.75. The lowest BCUT2D eigenvalue weighted by molar-refractivity contribution is -0.137. The smallest absolute Gasteiger partial charge is 0.383 e. The van der Waals surface area contributed by atoms with Gasteiger partial charge in [-0.05, 0) is 30.4 Å². The van der Waals surface area contributed by atoms with E-state index in [0.29, 0.717) is 25.3 Å². The molecule has 188 valence electrons. The summed E-state index contributed by atoms with van der Waals surface area (Å²) in [5, 5.41) is -0.176. The van der Waals surface area contributed by atoms with Gasteiger partial charge in [0.25, 0.3) is 0 Å². The first-order chi connectivity index (χ1) is 15.9. The zero-order chi connectivity index (χ0) is 25.1. The average Bonchev–Trinajstić information content (AvgIpc) is 3.48. The van der Waals surface area contributed by atoms with Gasteiger partial charge in [-0.25, -0.2) is 13.4 Å². The average molecular weight is 502 g/mol. The van der Waals surface area contributed by atoms with Crippen LogP contribution in [0.1, 0.15) is 56.0 Å². The summed E-state index contributed by atoms with van der Waals surface area (Å²) in [5.74, 6) is -0.502. The number of amides is 1. The third-order valence-corrected chi connectivity index (χ3v) is 7.07. The molecule has 0 radical (unpaired) electrons. The van der Waals surface area contributed by atoms with Crippen LogP contribution in [0.3, 0.4) is 0 Å². The molecule has 1 amide bonds. The van der Waals surface area contributed by atoms with Crippen molar-refractivity contribution in [2.75, 3.05) is 20.3 Å². The van der Waals surface area contributed by atoms with Gasteiger partial charge in [0.1, 0.15) is 0 Å². The maximum absolute atomic E-state index is 13.2. The molecule has 2 aromatic rings. The van der Waals surface area contributed by atoms with E-state index in [2.05, 4.69) is 4.98 Å². The van der Waals surface area contributed by atoms with E-state index in [0.717, 1.165) is 25.0 Å². The van der Waals surface area contributed by atoms with Gasteiger partial charge in [-0.2, -0.15) is 13.2 Å². The van der Waals surface area contributed by atoms with E-state index < -0.39 is 27.3 Å². The fourth-order valence-corrected chi connectivity index (χ4v) is 5.26. The third-order valence-electron chi connectivity index (χ3n) is 5.49. The van der Waals surface area contributed by atoms with Gasteiger partial charge in [0, 0.05) is 26.1 Å². The predicted molar refractivity (Wildman–Crippen MR) is 120 cm³/mol. The Balaban J connectivity index is 1.89. The van der Waals surface area contributed by atoms with Gasteiger partial charge in [0.2, 0.25) is 20.9 Å². The Kier molecular flexibility index (Phi) is 8.07. The highest BCUT2D eigenvalue weighted by atomic mass is 32.2. The summed E-state index contributed by atoms with van der Waals surface area (Å²) in [6.07, 6.45) is -1.23. The number of hydrogen-bond acceptors (Lipinski definition) is 5. The van der Waals surface area contributed by atoms with Crippen molar-refractivity contribution >= 4 is 15.7 Å². The van der Waals surface area contributed by atoms with Gasteiger partial charge < -0.3 is 14.2 Å². The van der Waals surface area contributed by atoms with Crippen molar-refractivity contribution in [2.45, 2.75) is 62.8 Å². The lowest BCUT2D eigenvalue weighted by atomic mass is 10.1. The van der Waals surface area contributed by atoms with Crippen molar-refractivity contribution in [1.29, 1.82) is 0 Å². The standard InChI is InChI=1S/C23H30F3N3O4S/c1-16(2)11-21(30)28(9-10-33-3)14-20-13-27-22(29(20)19-7-8-19)34(31,32)15-17-5-4-6-18(12-17)23(24,25)26/h4-6,12-13,16,19H,7-11,14-15H2,1-3H3. The van der Waals surface area contributed by atoms with Crippen LogP contribution < -0.4 is 0 Å². The molecular weight excluding hydrogens is 471 g/mol. The second-order valence-electron chi connectivity index (χ2n) is 9.00. The summed E-state index contributed by atoms with van der Waals surface area (Å²) in [7, 11) is -2.49. The number of nitrogens with zero attached hydrogens (tertiary/aromatic N) is 3. The molecule has 1 heterocycles. The number of benzene rings is 1. The van der Waals surface area contributed by atoms with Crippen LogP contribution in [0.15, 0.2) is 35.6 Å². The molecule has 1 saturated carbocycles. The van der Waals surface area contributed by atoms with E-state index in [1.165, 1.54) is 25.4 Å². The Morgan fingerprint density at radius 1 is 1.29 bits per heavy atom. The van der Waals surface area contributed by atoms with Crippen LogP contribution in [0.25, 0.3) is 0 Å². The molecule has 1 fully saturated rings. The van der Waals surface area contributed by atoms with Gasteiger partial charge >= 0.3 is 6.18 Å². The van der Waals surface area contributed by atoms with E-state index in [4.69, 9.17) is 4.74 Å². The summed E-state index contributed by atoms with van der Waals surface area (Å²) < 4.78 is 72.3. The first-order valence-corrected chi connectivity index (χ1v) is 12.8. The zero-order valence-corrected chi connectivity index (χ0v) is 20.3. The SMILES string of the molecule is COCCN(Cc1cnc(S(=O)(=O)Cc2cccc(C(F)(F)F)c2)n1C1CC1)C(=O)CC(C)C. The van der Waals surface area contributed by atoms with Gasteiger partial charge in [0.05, 0.1) is 36.4 Å². The van der Waals surface area contributed by atoms with Crippen LogP contribution in [0, 0.1) is 5.92 Å². The molecule has 0 bridgehead atoms. The van der Waals surface area contributed by atoms with Gasteiger partial charge in [-0.3, -0.25) is 4.79 Å². The zero-order valence-electron chi connectivity index (χ0n) is 19.5. The van der Waals surface area contributed by atoms with Crippen LogP contribution in [0.4, 0.5) is 13.2 Å². The van der Waals surface area contributed by atoms with Gasteiger partial charge in [-0.15, -0.1) is 0 Å². The van der Waals surface area contributed by atoms with Crippen molar-refractivity contribution in [3.63, 3.8) is 0 Å². The second-order valence-corrected chi connectivity index (χ2v) is 10.9. The number of carbonyl (C=O) groups is 1. The van der Waals surface area contributed by atoms with Crippen LogP contribution >= 0.6 is 0 Å². The minimum absolute atomic E-state index is 0.0376. The van der Waals surface area contributed by atoms with Crippen molar-refractivity contribution in [3.05, 3.63) is 47.3 Å². The number of methoxy groups -OCH3 is 1. The first kappa shape index (κ1) is 26.2. The molecule has 0 aliphatic heterocycles. The lowest BCUT2D eigenvalue weighted by Crippen LogP contribution is -2.35.